The molecule has 0 spiro atoms. The van der Waals surface area contributed by atoms with Gasteiger partial charge in [0.2, 0.25) is 0 Å². The fourth-order valence-corrected chi connectivity index (χ4v) is 5.16. The van der Waals surface area contributed by atoms with Crippen LogP contribution in [0.3, 0.4) is 0 Å². The molecule has 0 aliphatic carbocycles. The number of urea groups is 1. The van der Waals surface area contributed by atoms with E-state index in [1.165, 1.54) is 30.3 Å². The summed E-state index contributed by atoms with van der Waals surface area (Å²) < 4.78 is 107. The van der Waals surface area contributed by atoms with Crippen molar-refractivity contribution in [3.8, 4) is 11.1 Å². The van der Waals surface area contributed by atoms with Crippen LogP contribution in [0.2, 0.25) is 0 Å². The Morgan fingerprint density at radius 3 is 1.80 bits per heavy atom. The largest absolute Gasteiger partial charge is 0.416 e. The number of halogens is 6. The van der Waals surface area contributed by atoms with Crippen molar-refractivity contribution < 1.29 is 39.6 Å². The van der Waals surface area contributed by atoms with Crippen LogP contribution >= 0.6 is 0 Å². The lowest BCUT2D eigenvalue weighted by atomic mass is 10.0. The molecule has 0 aliphatic rings. The Morgan fingerprint density at radius 1 is 0.683 bits per heavy atom. The Hall–Kier alpha value is -4.52. The van der Waals surface area contributed by atoms with Crippen LogP contribution in [0.4, 0.5) is 42.5 Å². The minimum atomic E-state index is -5.01. The summed E-state index contributed by atoms with van der Waals surface area (Å²) in [5, 5.41) is 4.59. The van der Waals surface area contributed by atoms with Gasteiger partial charge >= 0.3 is 18.4 Å². The molecule has 4 aromatic rings. The standard InChI is InChI=1S/C28H21F6N3O3S/c29-27(30,31)20-14-18(15-21(16-20)28(32,33)34)17-35-26(38)36-22-10-12-23(13-11-22)37-41(39,40)25-9-5-4-8-24(25)19-6-2-1-3-7-19/h1-16,37H,17H2,(H2,35,36,38). The van der Waals surface area contributed by atoms with Crippen LogP contribution in [-0.2, 0) is 28.9 Å². The number of hydrogen-bond donors (Lipinski definition) is 3. The maximum absolute atomic E-state index is 13.1. The fourth-order valence-electron chi connectivity index (χ4n) is 3.87. The highest BCUT2D eigenvalue weighted by Crippen LogP contribution is 2.36. The minimum absolute atomic E-state index is 0.000366. The quantitative estimate of drug-likeness (QED) is 0.194. The van der Waals surface area contributed by atoms with Crippen molar-refractivity contribution in [2.75, 3.05) is 10.0 Å². The fraction of sp³-hybridized carbons (Fsp3) is 0.107. The number of rotatable bonds is 7. The number of carbonyl (C=O) groups is 1. The third-order valence-electron chi connectivity index (χ3n) is 5.76. The van der Waals surface area contributed by atoms with Crippen LogP contribution in [-0.4, -0.2) is 14.4 Å². The van der Waals surface area contributed by atoms with E-state index in [2.05, 4.69) is 15.4 Å². The molecule has 13 heteroatoms. The number of sulfonamides is 1. The minimum Gasteiger partial charge on any atom is -0.334 e. The number of nitrogens with one attached hydrogen (secondary N) is 3. The van der Waals surface area contributed by atoms with Gasteiger partial charge in [-0.2, -0.15) is 26.3 Å². The van der Waals surface area contributed by atoms with Gasteiger partial charge in [-0.25, -0.2) is 13.2 Å². The first-order chi connectivity index (χ1) is 19.2. The second kappa shape index (κ2) is 11.5. The number of carbonyl (C=O) groups excluding carboxylic acids is 1. The number of hydrogen-bond acceptors (Lipinski definition) is 3. The van der Waals surface area contributed by atoms with Crippen molar-refractivity contribution in [3.63, 3.8) is 0 Å². The van der Waals surface area contributed by atoms with E-state index in [-0.39, 0.29) is 22.3 Å². The molecule has 0 aliphatic heterocycles. The lowest BCUT2D eigenvalue weighted by Crippen LogP contribution is -2.28. The molecule has 214 valence electrons. The first kappa shape index (κ1) is 29.5. The van der Waals surface area contributed by atoms with Gasteiger partial charge in [0, 0.05) is 23.5 Å². The smallest absolute Gasteiger partial charge is 0.334 e. The van der Waals surface area contributed by atoms with Gasteiger partial charge < -0.3 is 10.6 Å². The zero-order chi connectivity index (χ0) is 29.8. The molecule has 3 N–H and O–H groups in total. The molecule has 0 radical (unpaired) electrons. The van der Waals surface area contributed by atoms with Gasteiger partial charge in [0.05, 0.1) is 16.0 Å². The van der Waals surface area contributed by atoms with Crippen molar-refractivity contribution >= 4 is 27.4 Å². The zero-order valence-electron chi connectivity index (χ0n) is 20.8. The van der Waals surface area contributed by atoms with E-state index >= 15 is 0 Å². The summed E-state index contributed by atoms with van der Waals surface area (Å²) in [4.78, 5) is 12.3. The van der Waals surface area contributed by atoms with E-state index < -0.39 is 51.6 Å². The second-order valence-corrected chi connectivity index (χ2v) is 10.4. The average Bonchev–Trinajstić information content (AvgIpc) is 2.92. The zero-order valence-corrected chi connectivity index (χ0v) is 21.7. The van der Waals surface area contributed by atoms with Gasteiger partial charge in [-0.1, -0.05) is 48.5 Å². The SMILES string of the molecule is O=C(NCc1cc(C(F)(F)F)cc(C(F)(F)F)c1)Nc1ccc(NS(=O)(=O)c2ccccc2-c2ccccc2)cc1. The molecular weight excluding hydrogens is 572 g/mol. The van der Waals surface area contributed by atoms with Crippen LogP contribution in [0.1, 0.15) is 16.7 Å². The molecule has 0 fully saturated rings. The second-order valence-electron chi connectivity index (χ2n) is 8.77. The van der Waals surface area contributed by atoms with Crippen LogP contribution in [0, 0.1) is 0 Å². The van der Waals surface area contributed by atoms with Crippen molar-refractivity contribution in [2.24, 2.45) is 0 Å². The summed E-state index contributed by atoms with van der Waals surface area (Å²) in [6, 6.07) is 21.0. The van der Waals surface area contributed by atoms with E-state index in [9.17, 15) is 39.6 Å². The topological polar surface area (TPSA) is 87.3 Å². The van der Waals surface area contributed by atoms with Crippen LogP contribution in [0.25, 0.3) is 11.1 Å². The molecule has 0 saturated carbocycles. The van der Waals surface area contributed by atoms with Crippen LogP contribution < -0.4 is 15.4 Å². The molecule has 2 amide bonds. The van der Waals surface area contributed by atoms with E-state index in [0.717, 1.165) is 0 Å². The van der Waals surface area contributed by atoms with Crippen molar-refractivity contribution in [3.05, 3.63) is 114 Å². The molecular formula is C28H21F6N3O3S. The molecule has 0 bridgehead atoms. The Balaban J connectivity index is 1.42. The average molecular weight is 594 g/mol. The molecule has 41 heavy (non-hydrogen) atoms. The summed E-state index contributed by atoms with van der Waals surface area (Å²) >= 11 is 0. The van der Waals surface area contributed by atoms with E-state index in [1.807, 2.05) is 6.07 Å². The monoisotopic (exact) mass is 593 g/mol. The van der Waals surface area contributed by atoms with Crippen molar-refractivity contribution in [2.45, 2.75) is 23.8 Å². The highest BCUT2D eigenvalue weighted by molar-refractivity contribution is 7.92. The molecule has 0 aromatic heterocycles. The maximum atomic E-state index is 13.1. The first-order valence-electron chi connectivity index (χ1n) is 11.8. The molecule has 0 unspecified atom stereocenters. The lowest BCUT2D eigenvalue weighted by molar-refractivity contribution is -0.143. The van der Waals surface area contributed by atoms with E-state index in [4.69, 9.17) is 0 Å². The summed E-state index contributed by atoms with van der Waals surface area (Å²) in [5.41, 5.74) is -1.80. The van der Waals surface area contributed by atoms with E-state index in [1.54, 1.807) is 42.5 Å². The molecule has 4 rings (SSSR count). The third kappa shape index (κ3) is 7.57. The van der Waals surface area contributed by atoms with Gasteiger partial charge in [0.15, 0.2) is 0 Å². The Bertz CT molecular complexity index is 1610. The number of alkyl halides is 6. The first-order valence-corrected chi connectivity index (χ1v) is 13.3. The van der Waals surface area contributed by atoms with Gasteiger partial charge in [-0.05, 0) is 59.7 Å². The van der Waals surface area contributed by atoms with Gasteiger partial charge in [0.1, 0.15) is 0 Å². The normalized spacial score (nSPS) is 12.0. The molecule has 0 atom stereocenters. The maximum Gasteiger partial charge on any atom is 0.416 e. The van der Waals surface area contributed by atoms with Crippen molar-refractivity contribution in [1.82, 2.24) is 5.32 Å². The number of benzene rings is 4. The summed E-state index contributed by atoms with van der Waals surface area (Å²) in [6.45, 7) is -0.614. The van der Waals surface area contributed by atoms with Gasteiger partial charge in [0.25, 0.3) is 10.0 Å². The molecule has 6 nitrogen and oxygen atoms in total. The summed E-state index contributed by atoms with van der Waals surface area (Å²) in [6.07, 6.45) is -10.0. The van der Waals surface area contributed by atoms with Crippen LogP contribution in [0.15, 0.2) is 102 Å². The molecule has 4 aromatic carbocycles. The Kier molecular flexibility index (Phi) is 8.29. The number of amides is 2. The number of anilines is 2. The molecule has 0 saturated heterocycles. The predicted molar refractivity (Wildman–Crippen MR) is 141 cm³/mol. The Morgan fingerprint density at radius 2 is 1.22 bits per heavy atom. The predicted octanol–water partition coefficient (Wildman–Crippen LogP) is 7.51. The highest BCUT2D eigenvalue weighted by atomic mass is 32.2. The highest BCUT2D eigenvalue weighted by Gasteiger charge is 2.36. The summed E-state index contributed by atoms with van der Waals surface area (Å²) in [7, 11) is -4.01. The lowest BCUT2D eigenvalue weighted by Gasteiger charge is -2.15. The summed E-state index contributed by atoms with van der Waals surface area (Å²) in [5.74, 6) is 0. The van der Waals surface area contributed by atoms with Crippen LogP contribution in [0.5, 0.6) is 0 Å². The third-order valence-corrected chi connectivity index (χ3v) is 7.20. The van der Waals surface area contributed by atoms with Crippen molar-refractivity contribution in [1.29, 1.82) is 0 Å². The van der Waals surface area contributed by atoms with E-state index in [0.29, 0.717) is 23.3 Å². The van der Waals surface area contributed by atoms with Gasteiger partial charge in [-0.15, -0.1) is 0 Å². The molecule has 0 heterocycles. The Labute approximate surface area is 231 Å². The van der Waals surface area contributed by atoms with Gasteiger partial charge in [-0.3, -0.25) is 4.72 Å².